The Morgan fingerprint density at radius 1 is 1.44 bits per heavy atom. The molecule has 1 nitrogen and oxygen atoms in total. The molecule has 1 heteroatoms. The first-order valence-corrected chi connectivity index (χ1v) is 7.05. The molecule has 2 rings (SSSR count). The maximum absolute atomic E-state index is 12.3. The monoisotopic (exact) mass is 244 g/mol. The van der Waals surface area contributed by atoms with Crippen LogP contribution >= 0.6 is 0 Å². The van der Waals surface area contributed by atoms with Crippen molar-refractivity contribution in [1.29, 1.82) is 0 Å². The van der Waals surface area contributed by atoms with Gasteiger partial charge in [-0.15, -0.1) is 0 Å². The molecule has 0 saturated carbocycles. The topological polar surface area (TPSA) is 17.1 Å². The van der Waals surface area contributed by atoms with E-state index in [1.807, 2.05) is 0 Å². The molecule has 2 aliphatic carbocycles. The Labute approximate surface area is 111 Å². The van der Waals surface area contributed by atoms with Crippen LogP contribution in [0.1, 0.15) is 47.0 Å². The van der Waals surface area contributed by atoms with Crippen LogP contribution in [-0.4, -0.2) is 5.78 Å². The number of rotatable bonds is 2. The minimum absolute atomic E-state index is 0.336. The van der Waals surface area contributed by atoms with E-state index < -0.39 is 0 Å². The predicted molar refractivity (Wildman–Crippen MR) is 76.3 cm³/mol. The molecule has 98 valence electrons. The van der Waals surface area contributed by atoms with Gasteiger partial charge in [-0.25, -0.2) is 0 Å². The van der Waals surface area contributed by atoms with Crippen LogP contribution in [0.5, 0.6) is 0 Å². The summed E-state index contributed by atoms with van der Waals surface area (Å²) in [6, 6.07) is 0. The molecule has 0 saturated heterocycles. The van der Waals surface area contributed by atoms with E-state index in [0.717, 1.165) is 24.0 Å². The first kappa shape index (κ1) is 13.3. The average Bonchev–Trinajstić information content (AvgIpc) is 2.27. The maximum atomic E-state index is 12.3. The second-order valence-corrected chi connectivity index (χ2v) is 6.22. The molecule has 0 fully saturated rings. The zero-order chi connectivity index (χ0) is 13.4. The van der Waals surface area contributed by atoms with Crippen molar-refractivity contribution < 1.29 is 4.79 Å². The lowest BCUT2D eigenvalue weighted by Crippen LogP contribution is -2.30. The quantitative estimate of drug-likeness (QED) is 0.701. The van der Waals surface area contributed by atoms with Crippen molar-refractivity contribution in [3.63, 3.8) is 0 Å². The fourth-order valence-corrected chi connectivity index (χ4v) is 3.40. The summed E-state index contributed by atoms with van der Waals surface area (Å²) < 4.78 is 0. The van der Waals surface area contributed by atoms with E-state index in [4.69, 9.17) is 0 Å². The normalized spacial score (nSPS) is 28.3. The SMILES string of the molecule is C=C(C)C1=CC2=C(C(C)C)C(=O)C[C@H](C)[C@@H]2CC1. The summed E-state index contributed by atoms with van der Waals surface area (Å²) in [6.45, 7) is 12.6. The number of carbonyl (C=O) groups is 1. The molecule has 0 amide bonds. The Hall–Kier alpha value is -1.11. The summed E-state index contributed by atoms with van der Waals surface area (Å²) in [5.41, 5.74) is 4.88. The summed E-state index contributed by atoms with van der Waals surface area (Å²) >= 11 is 0. The Morgan fingerprint density at radius 2 is 2.11 bits per heavy atom. The number of Topliss-reactive ketones (excluding diaryl/α,β-unsaturated/α-hetero) is 1. The van der Waals surface area contributed by atoms with Crippen molar-refractivity contribution in [2.24, 2.45) is 17.8 Å². The summed E-state index contributed by atoms with van der Waals surface area (Å²) in [7, 11) is 0. The lowest BCUT2D eigenvalue weighted by Gasteiger charge is -2.36. The van der Waals surface area contributed by atoms with Gasteiger partial charge < -0.3 is 0 Å². The van der Waals surface area contributed by atoms with Gasteiger partial charge in [-0.05, 0) is 48.7 Å². The zero-order valence-corrected chi connectivity index (χ0v) is 12.0. The zero-order valence-electron chi connectivity index (χ0n) is 12.0. The number of hydrogen-bond donors (Lipinski definition) is 0. The molecule has 0 aromatic carbocycles. The van der Waals surface area contributed by atoms with Crippen LogP contribution in [0.3, 0.4) is 0 Å². The van der Waals surface area contributed by atoms with Crippen LogP contribution in [0.15, 0.2) is 34.9 Å². The molecule has 0 radical (unpaired) electrons. The van der Waals surface area contributed by atoms with Crippen molar-refractivity contribution >= 4 is 5.78 Å². The standard InChI is InChI=1S/C17H24O/c1-10(2)13-6-7-14-12(5)8-16(18)17(11(3)4)15(14)9-13/h9,11-12,14H,1,6-8H2,2-5H3/t12-,14-/m0/s1. The van der Waals surface area contributed by atoms with Crippen LogP contribution in [0.4, 0.5) is 0 Å². The van der Waals surface area contributed by atoms with Gasteiger partial charge in [0.15, 0.2) is 5.78 Å². The van der Waals surface area contributed by atoms with Gasteiger partial charge in [0.1, 0.15) is 0 Å². The number of hydrogen-bond acceptors (Lipinski definition) is 1. The van der Waals surface area contributed by atoms with E-state index >= 15 is 0 Å². The summed E-state index contributed by atoms with van der Waals surface area (Å²) in [5, 5.41) is 0. The average molecular weight is 244 g/mol. The van der Waals surface area contributed by atoms with E-state index in [0.29, 0.717) is 23.5 Å². The van der Waals surface area contributed by atoms with Gasteiger partial charge in [0.2, 0.25) is 0 Å². The van der Waals surface area contributed by atoms with E-state index in [-0.39, 0.29) is 0 Å². The van der Waals surface area contributed by atoms with Crippen molar-refractivity contribution in [3.05, 3.63) is 34.9 Å². The van der Waals surface area contributed by atoms with Gasteiger partial charge >= 0.3 is 0 Å². The highest BCUT2D eigenvalue weighted by Crippen LogP contribution is 2.43. The van der Waals surface area contributed by atoms with Crippen molar-refractivity contribution in [2.75, 3.05) is 0 Å². The van der Waals surface area contributed by atoms with Gasteiger partial charge in [0.25, 0.3) is 0 Å². The Bertz CT molecular complexity index is 448. The molecular weight excluding hydrogens is 220 g/mol. The molecule has 0 bridgehead atoms. The van der Waals surface area contributed by atoms with E-state index in [9.17, 15) is 4.79 Å². The second kappa shape index (κ2) is 4.87. The van der Waals surface area contributed by atoms with Gasteiger partial charge in [-0.3, -0.25) is 4.79 Å². The highest BCUT2D eigenvalue weighted by Gasteiger charge is 2.35. The third kappa shape index (κ3) is 2.23. The number of carbonyl (C=O) groups excluding carboxylic acids is 1. The van der Waals surface area contributed by atoms with Crippen LogP contribution in [0.25, 0.3) is 0 Å². The first-order valence-electron chi connectivity index (χ1n) is 7.05. The van der Waals surface area contributed by atoms with Crippen molar-refractivity contribution in [1.82, 2.24) is 0 Å². The van der Waals surface area contributed by atoms with Crippen LogP contribution in [0, 0.1) is 17.8 Å². The minimum Gasteiger partial charge on any atom is -0.295 e. The number of fused-ring (bicyclic) bond motifs is 1. The fraction of sp³-hybridized carbons (Fsp3) is 0.588. The maximum Gasteiger partial charge on any atom is 0.159 e. The molecule has 0 heterocycles. The lowest BCUT2D eigenvalue weighted by molar-refractivity contribution is -0.117. The van der Waals surface area contributed by atoms with Crippen molar-refractivity contribution in [3.8, 4) is 0 Å². The molecule has 0 aromatic rings. The molecule has 0 unspecified atom stereocenters. The highest BCUT2D eigenvalue weighted by atomic mass is 16.1. The van der Waals surface area contributed by atoms with Crippen LogP contribution in [0.2, 0.25) is 0 Å². The van der Waals surface area contributed by atoms with Crippen LogP contribution in [-0.2, 0) is 4.79 Å². The molecule has 0 N–H and O–H groups in total. The number of ketones is 1. The van der Waals surface area contributed by atoms with E-state index in [1.165, 1.54) is 17.6 Å². The van der Waals surface area contributed by atoms with Crippen molar-refractivity contribution in [2.45, 2.75) is 47.0 Å². The predicted octanol–water partition coefficient (Wildman–Crippen LogP) is 4.46. The van der Waals surface area contributed by atoms with Gasteiger partial charge in [-0.1, -0.05) is 39.0 Å². The highest BCUT2D eigenvalue weighted by molar-refractivity contribution is 5.98. The van der Waals surface area contributed by atoms with Gasteiger partial charge in [-0.2, -0.15) is 0 Å². The molecule has 18 heavy (non-hydrogen) atoms. The fourth-order valence-electron chi connectivity index (χ4n) is 3.40. The van der Waals surface area contributed by atoms with Gasteiger partial charge in [0, 0.05) is 12.0 Å². The number of allylic oxidation sites excluding steroid dienone is 5. The smallest absolute Gasteiger partial charge is 0.159 e. The Kier molecular flexibility index (Phi) is 3.61. The van der Waals surface area contributed by atoms with E-state index in [2.05, 4.69) is 40.3 Å². The summed E-state index contributed by atoms with van der Waals surface area (Å²) in [4.78, 5) is 12.3. The molecule has 0 aliphatic heterocycles. The first-order chi connectivity index (χ1) is 8.41. The minimum atomic E-state index is 0.336. The molecular formula is C17H24O. The van der Waals surface area contributed by atoms with Gasteiger partial charge in [0.05, 0.1) is 0 Å². The summed E-state index contributed by atoms with van der Waals surface area (Å²) in [5.74, 6) is 1.78. The Morgan fingerprint density at radius 3 is 2.67 bits per heavy atom. The molecule has 2 aliphatic rings. The second-order valence-electron chi connectivity index (χ2n) is 6.22. The molecule has 0 aromatic heterocycles. The molecule has 2 atom stereocenters. The largest absolute Gasteiger partial charge is 0.295 e. The third-order valence-electron chi connectivity index (χ3n) is 4.39. The Balaban J connectivity index is 2.54. The van der Waals surface area contributed by atoms with Crippen LogP contribution < -0.4 is 0 Å². The molecule has 0 spiro atoms. The lowest BCUT2D eigenvalue weighted by atomic mass is 9.67. The van der Waals surface area contributed by atoms with E-state index in [1.54, 1.807) is 0 Å². The third-order valence-corrected chi connectivity index (χ3v) is 4.39. The summed E-state index contributed by atoms with van der Waals surface area (Å²) in [6.07, 6.45) is 5.30.